The molecule has 0 saturated carbocycles. The van der Waals surface area contributed by atoms with Gasteiger partial charge in [-0.25, -0.2) is 14.2 Å². The zero-order chi connectivity index (χ0) is 18.3. The van der Waals surface area contributed by atoms with E-state index in [0.29, 0.717) is 0 Å². The van der Waals surface area contributed by atoms with E-state index in [1.54, 1.807) is 0 Å². The lowest BCUT2D eigenvalue weighted by Gasteiger charge is -2.17. The summed E-state index contributed by atoms with van der Waals surface area (Å²) in [5.74, 6) is -1.35. The minimum absolute atomic E-state index is 0.170. The van der Waals surface area contributed by atoms with E-state index in [0.717, 1.165) is 12.2 Å². The van der Waals surface area contributed by atoms with Crippen LogP contribution in [-0.2, 0) is 46.7 Å². The van der Waals surface area contributed by atoms with Gasteiger partial charge in [-0.2, -0.15) is 0 Å². The molecular weight excluding hydrogens is 347 g/mol. The number of carbonyl (C=O) groups excluding carboxylic acids is 3. The predicted molar refractivity (Wildman–Crippen MR) is 79.8 cm³/mol. The van der Waals surface area contributed by atoms with Crippen LogP contribution in [0.25, 0.3) is 0 Å². The Hall–Kier alpha value is -2.00. The molecule has 0 heterocycles. The molecule has 136 valence electrons. The quantitative estimate of drug-likeness (QED) is 0.102. The number of hydrogen-bond donors (Lipinski definition) is 0. The Morgan fingerprint density at radius 3 is 1.58 bits per heavy atom. The van der Waals surface area contributed by atoms with Crippen LogP contribution in [0.3, 0.4) is 0 Å². The van der Waals surface area contributed by atoms with Gasteiger partial charge in [0.25, 0.3) is 6.47 Å². The highest BCUT2D eigenvalue weighted by molar-refractivity contribution is 7.48. The molecule has 0 spiro atoms. The van der Waals surface area contributed by atoms with Gasteiger partial charge in [0.05, 0.1) is 19.8 Å². The lowest BCUT2D eigenvalue weighted by molar-refractivity contribution is -0.139. The van der Waals surface area contributed by atoms with Crippen LogP contribution in [0.1, 0.15) is 0 Å². The third-order valence-corrected chi connectivity index (χ3v) is 3.50. The van der Waals surface area contributed by atoms with E-state index in [1.165, 1.54) is 0 Å². The molecule has 0 atom stereocenters. The number of rotatable bonds is 15. The van der Waals surface area contributed by atoms with Crippen molar-refractivity contribution in [1.29, 1.82) is 0 Å². The minimum Gasteiger partial charge on any atom is -0.465 e. The first-order chi connectivity index (χ1) is 11.5. The molecule has 0 aliphatic rings. The van der Waals surface area contributed by atoms with Gasteiger partial charge >= 0.3 is 19.8 Å². The van der Waals surface area contributed by atoms with Gasteiger partial charge in [0, 0.05) is 12.2 Å². The van der Waals surface area contributed by atoms with Gasteiger partial charge in [0.2, 0.25) is 0 Å². The molecule has 24 heavy (non-hydrogen) atoms. The maximum absolute atomic E-state index is 12.3. The van der Waals surface area contributed by atoms with Crippen molar-refractivity contribution in [3.8, 4) is 0 Å². The average molecular weight is 366 g/mol. The van der Waals surface area contributed by atoms with Crippen LogP contribution in [0.4, 0.5) is 0 Å². The predicted octanol–water partition coefficient (Wildman–Crippen LogP) is 0.776. The maximum atomic E-state index is 12.3. The normalized spacial score (nSPS) is 10.5. The second-order valence-corrected chi connectivity index (χ2v) is 5.33. The Morgan fingerprint density at radius 1 is 0.792 bits per heavy atom. The number of hydrogen-bond acceptors (Lipinski definition) is 10. The van der Waals surface area contributed by atoms with Crippen molar-refractivity contribution in [2.45, 2.75) is 0 Å². The van der Waals surface area contributed by atoms with E-state index in [2.05, 4.69) is 27.4 Å². The number of phosphoric ester groups is 1. The number of esters is 2. The van der Waals surface area contributed by atoms with Crippen molar-refractivity contribution >= 4 is 26.2 Å². The molecule has 0 aliphatic carbocycles. The zero-order valence-electron chi connectivity index (χ0n) is 12.9. The van der Waals surface area contributed by atoms with E-state index in [4.69, 9.17) is 13.6 Å². The van der Waals surface area contributed by atoms with Gasteiger partial charge in [-0.3, -0.25) is 18.4 Å². The maximum Gasteiger partial charge on any atom is 0.475 e. The highest BCUT2D eigenvalue weighted by atomic mass is 31.2. The van der Waals surface area contributed by atoms with Crippen LogP contribution in [-0.4, -0.2) is 58.1 Å². The Labute approximate surface area is 138 Å². The second kappa shape index (κ2) is 13.4. The Balaban J connectivity index is 4.30. The number of phosphoric acid groups is 1. The monoisotopic (exact) mass is 366 g/mol. The fraction of sp³-hybridized carbons (Fsp3) is 0.462. The zero-order valence-corrected chi connectivity index (χ0v) is 13.8. The van der Waals surface area contributed by atoms with Crippen LogP contribution >= 0.6 is 7.82 Å². The lowest BCUT2D eigenvalue weighted by Crippen LogP contribution is -2.13. The molecule has 0 amide bonds. The standard InChI is InChI=1S/C13H19O10P/c1-3-12(15)19-6-9-22-24(17,21-8-5-18-11-14)23-10-7-20-13(16)4-2/h3-4,11H,1-2,5-10H2. The molecular formula is C13H19O10P. The van der Waals surface area contributed by atoms with Crippen molar-refractivity contribution in [2.24, 2.45) is 0 Å². The summed E-state index contributed by atoms with van der Waals surface area (Å²) in [4.78, 5) is 31.7. The van der Waals surface area contributed by atoms with Crippen molar-refractivity contribution in [1.82, 2.24) is 0 Å². The van der Waals surface area contributed by atoms with Crippen molar-refractivity contribution in [3.63, 3.8) is 0 Å². The Morgan fingerprint density at radius 2 is 1.21 bits per heavy atom. The largest absolute Gasteiger partial charge is 0.475 e. The van der Waals surface area contributed by atoms with Crippen LogP contribution in [0.5, 0.6) is 0 Å². The van der Waals surface area contributed by atoms with Crippen LogP contribution < -0.4 is 0 Å². The van der Waals surface area contributed by atoms with Gasteiger partial charge in [0.15, 0.2) is 0 Å². The Bertz CT molecular complexity index is 443. The Kier molecular flexibility index (Phi) is 12.3. The highest BCUT2D eigenvalue weighted by Gasteiger charge is 2.27. The summed E-state index contributed by atoms with van der Waals surface area (Å²) < 4.78 is 40.7. The van der Waals surface area contributed by atoms with Gasteiger partial charge in [-0.15, -0.1) is 0 Å². The van der Waals surface area contributed by atoms with Crippen molar-refractivity contribution < 1.29 is 46.7 Å². The number of carbonyl (C=O) groups is 3. The summed E-state index contributed by atoms with van der Waals surface area (Å²) >= 11 is 0. The van der Waals surface area contributed by atoms with Gasteiger partial charge in [-0.05, 0) is 0 Å². The molecule has 0 aromatic carbocycles. The molecule has 0 unspecified atom stereocenters. The summed E-state index contributed by atoms with van der Waals surface area (Å²) in [5, 5.41) is 0. The third kappa shape index (κ3) is 11.6. The summed E-state index contributed by atoms with van der Waals surface area (Å²) in [6.45, 7) is 5.20. The fourth-order valence-electron chi connectivity index (χ4n) is 1.06. The second-order valence-electron chi connectivity index (χ2n) is 3.66. The molecule has 0 N–H and O–H groups in total. The minimum atomic E-state index is -4.03. The molecule has 0 fully saturated rings. The van der Waals surface area contributed by atoms with Gasteiger partial charge < -0.3 is 14.2 Å². The molecule has 0 radical (unpaired) electrons. The first kappa shape index (κ1) is 22.0. The molecule has 10 nitrogen and oxygen atoms in total. The van der Waals surface area contributed by atoms with E-state index >= 15 is 0 Å². The molecule has 0 aromatic heterocycles. The summed E-state index contributed by atoms with van der Waals surface area (Å²) in [6, 6.07) is 0. The summed E-state index contributed by atoms with van der Waals surface area (Å²) in [7, 11) is -4.03. The first-order valence-corrected chi connectivity index (χ1v) is 8.10. The molecule has 0 rings (SSSR count). The van der Waals surface area contributed by atoms with Crippen LogP contribution in [0.15, 0.2) is 25.3 Å². The summed E-state index contributed by atoms with van der Waals surface area (Å²) in [6.07, 6.45) is 1.91. The molecule has 0 aromatic rings. The lowest BCUT2D eigenvalue weighted by atomic mass is 10.6. The topological polar surface area (TPSA) is 124 Å². The number of ether oxygens (including phenoxy) is 3. The first-order valence-electron chi connectivity index (χ1n) is 6.64. The van der Waals surface area contributed by atoms with E-state index in [1.807, 2.05) is 0 Å². The molecule has 0 bridgehead atoms. The average Bonchev–Trinajstić information content (AvgIpc) is 2.59. The smallest absolute Gasteiger partial charge is 0.465 e. The molecule has 0 saturated heterocycles. The van der Waals surface area contributed by atoms with E-state index < -0.39 is 19.8 Å². The van der Waals surface area contributed by atoms with E-state index in [-0.39, 0.29) is 46.1 Å². The van der Waals surface area contributed by atoms with Crippen molar-refractivity contribution in [3.05, 3.63) is 25.3 Å². The molecule has 11 heteroatoms. The fourth-order valence-corrected chi connectivity index (χ4v) is 2.18. The van der Waals surface area contributed by atoms with Crippen LogP contribution in [0, 0.1) is 0 Å². The third-order valence-electron chi connectivity index (χ3n) is 2.01. The van der Waals surface area contributed by atoms with Gasteiger partial charge in [0.1, 0.15) is 19.8 Å². The van der Waals surface area contributed by atoms with E-state index in [9.17, 15) is 18.9 Å². The summed E-state index contributed by atoms with van der Waals surface area (Å²) in [5.41, 5.74) is 0. The highest BCUT2D eigenvalue weighted by Crippen LogP contribution is 2.49. The van der Waals surface area contributed by atoms with Crippen LogP contribution in [0.2, 0.25) is 0 Å². The molecule has 0 aliphatic heterocycles. The van der Waals surface area contributed by atoms with Gasteiger partial charge in [-0.1, -0.05) is 13.2 Å². The van der Waals surface area contributed by atoms with Crippen molar-refractivity contribution in [2.75, 3.05) is 39.6 Å². The SMILES string of the molecule is C=CC(=O)OCCOP(=O)(OCCOC=O)OCCOC(=O)C=C.